The Hall–Kier alpha value is -3.14. The van der Waals surface area contributed by atoms with Crippen molar-refractivity contribution in [2.45, 2.75) is 25.4 Å². The molecule has 1 fully saturated rings. The van der Waals surface area contributed by atoms with Crippen LogP contribution in [0, 0.1) is 0 Å². The van der Waals surface area contributed by atoms with Crippen LogP contribution in [0.3, 0.4) is 0 Å². The van der Waals surface area contributed by atoms with Crippen LogP contribution in [0.2, 0.25) is 0 Å². The van der Waals surface area contributed by atoms with E-state index in [2.05, 4.69) is 25.4 Å². The molecule has 3 aromatic heterocycles. The maximum atomic E-state index is 12.8. The standard InChI is InChI=1S/C16H18N8O2/c17-6-9-23-10-12(20-22-23)16(25)24-8-3-5-13(24)15-19-14(21-26-15)11-4-1-2-7-18-11/h1-2,4,7,10,13H,3,5-6,8-9,17H2/t13-/m0/s1. The summed E-state index contributed by atoms with van der Waals surface area (Å²) in [5.41, 5.74) is 6.41. The van der Waals surface area contributed by atoms with Crippen molar-refractivity contribution < 1.29 is 9.32 Å². The fourth-order valence-electron chi connectivity index (χ4n) is 3.02. The monoisotopic (exact) mass is 354 g/mol. The molecule has 0 spiro atoms. The van der Waals surface area contributed by atoms with Gasteiger partial charge in [0.15, 0.2) is 5.69 Å². The number of carbonyl (C=O) groups excluding carboxylic acids is 1. The first-order chi connectivity index (χ1) is 12.8. The second kappa shape index (κ2) is 7.00. The predicted molar refractivity (Wildman–Crippen MR) is 89.6 cm³/mol. The van der Waals surface area contributed by atoms with Gasteiger partial charge in [-0.1, -0.05) is 16.4 Å². The van der Waals surface area contributed by atoms with Crippen LogP contribution < -0.4 is 5.73 Å². The van der Waals surface area contributed by atoms with Gasteiger partial charge in [0.2, 0.25) is 11.7 Å². The van der Waals surface area contributed by atoms with Crippen molar-refractivity contribution >= 4 is 5.91 Å². The third-order valence-corrected chi connectivity index (χ3v) is 4.25. The van der Waals surface area contributed by atoms with Gasteiger partial charge in [0, 0.05) is 19.3 Å². The molecular weight excluding hydrogens is 336 g/mol. The van der Waals surface area contributed by atoms with Gasteiger partial charge in [-0.25, -0.2) is 0 Å². The highest BCUT2D eigenvalue weighted by Gasteiger charge is 2.35. The lowest BCUT2D eigenvalue weighted by atomic mass is 10.2. The van der Waals surface area contributed by atoms with Crippen LogP contribution in [0.4, 0.5) is 0 Å². The molecule has 4 heterocycles. The summed E-state index contributed by atoms with van der Waals surface area (Å²) < 4.78 is 6.97. The van der Waals surface area contributed by atoms with Gasteiger partial charge in [0.1, 0.15) is 11.7 Å². The molecule has 4 rings (SSSR count). The molecule has 3 aromatic rings. The molecule has 0 saturated carbocycles. The van der Waals surface area contributed by atoms with Gasteiger partial charge < -0.3 is 15.2 Å². The average molecular weight is 354 g/mol. The van der Waals surface area contributed by atoms with Crippen molar-refractivity contribution in [2.75, 3.05) is 13.1 Å². The summed E-state index contributed by atoms with van der Waals surface area (Å²) >= 11 is 0. The zero-order chi connectivity index (χ0) is 17.9. The van der Waals surface area contributed by atoms with E-state index in [-0.39, 0.29) is 17.6 Å². The third-order valence-electron chi connectivity index (χ3n) is 4.25. The van der Waals surface area contributed by atoms with Gasteiger partial charge in [-0.15, -0.1) is 5.10 Å². The van der Waals surface area contributed by atoms with Crippen LogP contribution >= 0.6 is 0 Å². The molecule has 0 aromatic carbocycles. The molecule has 1 amide bonds. The third kappa shape index (κ3) is 3.06. The van der Waals surface area contributed by atoms with Gasteiger partial charge in [-0.3, -0.25) is 14.5 Å². The summed E-state index contributed by atoms with van der Waals surface area (Å²) in [6.07, 6.45) is 4.89. The van der Waals surface area contributed by atoms with E-state index in [9.17, 15) is 4.79 Å². The van der Waals surface area contributed by atoms with E-state index in [0.29, 0.717) is 37.0 Å². The quantitative estimate of drug-likeness (QED) is 0.707. The van der Waals surface area contributed by atoms with Crippen molar-refractivity contribution in [3.63, 3.8) is 0 Å². The van der Waals surface area contributed by atoms with Gasteiger partial charge >= 0.3 is 0 Å². The van der Waals surface area contributed by atoms with E-state index >= 15 is 0 Å². The van der Waals surface area contributed by atoms with Crippen molar-refractivity contribution in [2.24, 2.45) is 5.73 Å². The summed E-state index contributed by atoms with van der Waals surface area (Å²) in [5.74, 6) is 0.619. The van der Waals surface area contributed by atoms with Crippen LogP contribution in [0.1, 0.15) is 35.3 Å². The Labute approximate surface area is 149 Å². The second-order valence-corrected chi connectivity index (χ2v) is 5.98. The Morgan fingerprint density at radius 2 is 2.31 bits per heavy atom. The summed E-state index contributed by atoms with van der Waals surface area (Å²) in [7, 11) is 0. The first-order valence-corrected chi connectivity index (χ1v) is 8.42. The number of rotatable bonds is 5. The molecule has 10 heteroatoms. The predicted octanol–water partition coefficient (Wildman–Crippen LogP) is 0.659. The first kappa shape index (κ1) is 16.3. The zero-order valence-corrected chi connectivity index (χ0v) is 14.0. The average Bonchev–Trinajstić information content (AvgIpc) is 3.42. The number of hydrogen-bond acceptors (Lipinski definition) is 8. The highest BCUT2D eigenvalue weighted by Crippen LogP contribution is 2.32. The minimum absolute atomic E-state index is 0.201. The van der Waals surface area contributed by atoms with E-state index in [0.717, 1.165) is 12.8 Å². The molecule has 0 unspecified atom stereocenters. The summed E-state index contributed by atoms with van der Waals surface area (Å²) in [4.78, 5) is 23.1. The minimum Gasteiger partial charge on any atom is -0.337 e. The lowest BCUT2D eigenvalue weighted by Crippen LogP contribution is -2.31. The fraction of sp³-hybridized carbons (Fsp3) is 0.375. The van der Waals surface area contributed by atoms with Crippen molar-refractivity contribution in [3.8, 4) is 11.5 Å². The van der Waals surface area contributed by atoms with E-state index in [1.54, 1.807) is 22.0 Å². The van der Waals surface area contributed by atoms with E-state index in [1.807, 2.05) is 18.2 Å². The molecule has 0 aliphatic carbocycles. The number of likely N-dealkylation sites (tertiary alicyclic amines) is 1. The number of hydrogen-bond donors (Lipinski definition) is 1. The SMILES string of the molecule is NCCn1cc(C(=O)N2CCC[C@H]2c2nc(-c3ccccn3)no2)nn1. The second-order valence-electron chi connectivity index (χ2n) is 5.98. The molecule has 10 nitrogen and oxygen atoms in total. The zero-order valence-electron chi connectivity index (χ0n) is 14.0. The minimum atomic E-state index is -0.271. The number of aromatic nitrogens is 6. The number of pyridine rings is 1. The van der Waals surface area contributed by atoms with Crippen LogP contribution in [0.15, 0.2) is 35.1 Å². The van der Waals surface area contributed by atoms with Crippen LogP contribution in [0.25, 0.3) is 11.5 Å². The maximum absolute atomic E-state index is 12.8. The maximum Gasteiger partial charge on any atom is 0.276 e. The Kier molecular flexibility index (Phi) is 4.40. The first-order valence-electron chi connectivity index (χ1n) is 8.42. The largest absolute Gasteiger partial charge is 0.337 e. The lowest BCUT2D eigenvalue weighted by Gasteiger charge is -2.20. The van der Waals surface area contributed by atoms with Crippen LogP contribution in [-0.2, 0) is 6.54 Å². The van der Waals surface area contributed by atoms with Crippen LogP contribution in [0.5, 0.6) is 0 Å². The molecule has 1 aliphatic rings. The van der Waals surface area contributed by atoms with Crippen molar-refractivity contribution in [3.05, 3.63) is 42.2 Å². The highest BCUT2D eigenvalue weighted by atomic mass is 16.5. The van der Waals surface area contributed by atoms with E-state index in [4.69, 9.17) is 10.3 Å². The lowest BCUT2D eigenvalue weighted by molar-refractivity contribution is 0.0704. The highest BCUT2D eigenvalue weighted by molar-refractivity contribution is 5.92. The van der Waals surface area contributed by atoms with Crippen molar-refractivity contribution in [1.29, 1.82) is 0 Å². The van der Waals surface area contributed by atoms with Crippen LogP contribution in [-0.4, -0.2) is 54.0 Å². The molecule has 1 saturated heterocycles. The Bertz CT molecular complexity index is 891. The van der Waals surface area contributed by atoms with Gasteiger partial charge in [0.25, 0.3) is 5.91 Å². The van der Waals surface area contributed by atoms with E-state index < -0.39 is 0 Å². The van der Waals surface area contributed by atoms with Gasteiger partial charge in [-0.05, 0) is 25.0 Å². The molecule has 2 N–H and O–H groups in total. The summed E-state index contributed by atoms with van der Waals surface area (Å²) in [6.45, 7) is 1.55. The van der Waals surface area contributed by atoms with Crippen molar-refractivity contribution in [1.82, 2.24) is 35.0 Å². The molecule has 0 bridgehead atoms. The number of nitrogens with zero attached hydrogens (tertiary/aromatic N) is 7. The molecular formula is C16H18N8O2. The molecule has 134 valence electrons. The molecule has 0 radical (unpaired) electrons. The topological polar surface area (TPSA) is 129 Å². The molecule has 1 aliphatic heterocycles. The Morgan fingerprint density at radius 1 is 1.38 bits per heavy atom. The number of amides is 1. The summed E-state index contributed by atoms with van der Waals surface area (Å²) in [6, 6.07) is 5.21. The Balaban J connectivity index is 1.55. The fourth-order valence-corrected chi connectivity index (χ4v) is 3.02. The molecule has 1 atom stereocenters. The molecule has 26 heavy (non-hydrogen) atoms. The Morgan fingerprint density at radius 3 is 3.12 bits per heavy atom. The number of nitrogens with two attached hydrogens (primary N) is 1. The normalized spacial score (nSPS) is 17.0. The van der Waals surface area contributed by atoms with E-state index in [1.165, 1.54) is 0 Å². The number of carbonyl (C=O) groups is 1. The summed E-state index contributed by atoms with van der Waals surface area (Å²) in [5, 5.41) is 11.9. The van der Waals surface area contributed by atoms with Gasteiger partial charge in [0.05, 0.1) is 12.7 Å². The van der Waals surface area contributed by atoms with Gasteiger partial charge in [-0.2, -0.15) is 4.98 Å². The smallest absolute Gasteiger partial charge is 0.276 e.